The second-order valence-corrected chi connectivity index (χ2v) is 7.82. The molecule has 5 heteroatoms. The van der Waals surface area contributed by atoms with Gasteiger partial charge >= 0.3 is 0 Å². The number of anilines is 1. The lowest BCUT2D eigenvalue weighted by molar-refractivity contribution is -0.132. The van der Waals surface area contributed by atoms with Gasteiger partial charge in [-0.15, -0.1) is 0 Å². The van der Waals surface area contributed by atoms with Gasteiger partial charge in [0.2, 0.25) is 5.91 Å². The van der Waals surface area contributed by atoms with Crippen molar-refractivity contribution in [1.82, 2.24) is 14.8 Å². The number of amides is 1. The third kappa shape index (κ3) is 3.54. The highest BCUT2D eigenvalue weighted by Crippen LogP contribution is 2.25. The number of carbonyl (C=O) groups is 1. The number of hydrogen-bond donors (Lipinski definition) is 1. The summed E-state index contributed by atoms with van der Waals surface area (Å²) in [5.41, 5.74) is 3.41. The van der Waals surface area contributed by atoms with Gasteiger partial charge in [-0.05, 0) is 51.3 Å². The van der Waals surface area contributed by atoms with Crippen molar-refractivity contribution in [2.75, 3.05) is 31.5 Å². The molecule has 1 amide bonds. The van der Waals surface area contributed by atoms with E-state index in [0.717, 1.165) is 50.1 Å². The largest absolute Gasteiger partial charge is 0.380 e. The molecule has 3 heterocycles. The maximum Gasteiger partial charge on any atom is 0.236 e. The Morgan fingerprint density at radius 2 is 2.15 bits per heavy atom. The van der Waals surface area contributed by atoms with Gasteiger partial charge in [-0.1, -0.05) is 11.6 Å². The lowest BCUT2D eigenvalue weighted by atomic mass is 10.1. The zero-order valence-electron chi connectivity index (χ0n) is 15.7. The van der Waals surface area contributed by atoms with Crippen LogP contribution in [0.1, 0.15) is 31.7 Å². The van der Waals surface area contributed by atoms with E-state index in [1.54, 1.807) is 0 Å². The van der Waals surface area contributed by atoms with Crippen molar-refractivity contribution in [3.63, 3.8) is 0 Å². The number of likely N-dealkylation sites (tertiary alicyclic amines) is 2. The molecule has 0 unspecified atom stereocenters. The Kier molecular flexibility index (Phi) is 4.81. The Labute approximate surface area is 155 Å². The van der Waals surface area contributed by atoms with Crippen LogP contribution in [-0.4, -0.2) is 59.0 Å². The van der Waals surface area contributed by atoms with Crippen LogP contribution in [0.15, 0.2) is 30.5 Å². The monoisotopic (exact) mass is 352 g/mol. The summed E-state index contributed by atoms with van der Waals surface area (Å²) in [7, 11) is 0. The number of nitrogens with one attached hydrogen (secondary N) is 1. The van der Waals surface area contributed by atoms with Gasteiger partial charge in [-0.2, -0.15) is 0 Å². The molecular weight excluding hydrogens is 324 g/mol. The van der Waals surface area contributed by atoms with E-state index in [1.165, 1.54) is 10.9 Å². The van der Waals surface area contributed by atoms with Gasteiger partial charge in [-0.3, -0.25) is 14.7 Å². The Bertz CT molecular complexity index is 806. The fraction of sp³-hybridized carbons (Fsp3) is 0.524. The van der Waals surface area contributed by atoms with E-state index < -0.39 is 0 Å². The van der Waals surface area contributed by atoms with Crippen LogP contribution in [0, 0.1) is 6.92 Å². The Hall–Kier alpha value is -2.14. The number of pyridine rings is 1. The lowest BCUT2D eigenvalue weighted by Crippen LogP contribution is -2.41. The molecule has 0 bridgehead atoms. The summed E-state index contributed by atoms with van der Waals surface area (Å²) < 4.78 is 0. The average molecular weight is 352 g/mol. The van der Waals surface area contributed by atoms with Crippen LogP contribution < -0.4 is 5.32 Å². The van der Waals surface area contributed by atoms with Crippen LogP contribution in [0.25, 0.3) is 10.9 Å². The number of fused-ring (bicyclic) bond motifs is 1. The Morgan fingerprint density at radius 3 is 2.96 bits per heavy atom. The molecule has 26 heavy (non-hydrogen) atoms. The van der Waals surface area contributed by atoms with Crippen molar-refractivity contribution in [3.05, 3.63) is 36.0 Å². The molecule has 5 nitrogen and oxygen atoms in total. The Morgan fingerprint density at radius 1 is 1.27 bits per heavy atom. The standard InChI is InChI=1S/C21H28N4O/c1-15-5-6-19-18(12-15)20(7-9-22-19)23-17-8-11-24(13-17)14-21(26)25-10-3-4-16(25)2/h5-7,9,12,16-17H,3-4,8,10-11,13-14H2,1-2H3,(H,22,23)/t16-,17-/m1/s1. The zero-order chi connectivity index (χ0) is 18.1. The summed E-state index contributed by atoms with van der Waals surface area (Å²) in [4.78, 5) is 21.4. The van der Waals surface area contributed by atoms with Crippen molar-refractivity contribution < 1.29 is 4.79 Å². The van der Waals surface area contributed by atoms with Crippen LogP contribution in [0.4, 0.5) is 5.69 Å². The fourth-order valence-electron chi connectivity index (χ4n) is 4.29. The van der Waals surface area contributed by atoms with Crippen molar-refractivity contribution in [3.8, 4) is 0 Å². The van der Waals surface area contributed by atoms with Gasteiger partial charge in [-0.25, -0.2) is 0 Å². The first-order valence-corrected chi connectivity index (χ1v) is 9.74. The summed E-state index contributed by atoms with van der Waals surface area (Å²) in [6.07, 6.45) is 5.22. The molecule has 2 saturated heterocycles. The smallest absolute Gasteiger partial charge is 0.236 e. The lowest BCUT2D eigenvalue weighted by Gasteiger charge is -2.25. The van der Waals surface area contributed by atoms with Crippen molar-refractivity contribution >= 4 is 22.5 Å². The first-order valence-electron chi connectivity index (χ1n) is 9.74. The zero-order valence-corrected chi connectivity index (χ0v) is 15.7. The van der Waals surface area contributed by atoms with Gasteiger partial charge in [0.05, 0.1) is 12.1 Å². The number of aryl methyl sites for hydroxylation is 1. The molecule has 0 saturated carbocycles. The number of nitrogens with zero attached hydrogens (tertiary/aromatic N) is 3. The fourth-order valence-corrected chi connectivity index (χ4v) is 4.29. The summed E-state index contributed by atoms with van der Waals surface area (Å²) >= 11 is 0. The summed E-state index contributed by atoms with van der Waals surface area (Å²) in [5.74, 6) is 0.292. The van der Waals surface area contributed by atoms with Crippen LogP contribution in [0.3, 0.4) is 0 Å². The molecule has 0 aliphatic carbocycles. The van der Waals surface area contributed by atoms with E-state index in [2.05, 4.69) is 58.2 Å². The Balaban J connectivity index is 1.39. The highest BCUT2D eigenvalue weighted by atomic mass is 16.2. The van der Waals surface area contributed by atoms with Gasteiger partial charge < -0.3 is 10.2 Å². The molecule has 138 valence electrons. The molecule has 2 aliphatic heterocycles. The number of carbonyl (C=O) groups excluding carboxylic acids is 1. The molecule has 0 spiro atoms. The minimum atomic E-state index is 0.292. The summed E-state index contributed by atoms with van der Waals surface area (Å²) in [6, 6.07) is 9.21. The molecule has 1 N–H and O–H groups in total. The van der Waals surface area contributed by atoms with Crippen LogP contribution in [-0.2, 0) is 4.79 Å². The topological polar surface area (TPSA) is 48.5 Å². The van der Waals surface area contributed by atoms with Gasteiger partial charge in [0.15, 0.2) is 0 Å². The number of rotatable bonds is 4. The van der Waals surface area contributed by atoms with E-state index in [1.807, 2.05) is 6.20 Å². The van der Waals surface area contributed by atoms with Crippen molar-refractivity contribution in [2.24, 2.45) is 0 Å². The van der Waals surface area contributed by atoms with E-state index >= 15 is 0 Å². The number of aromatic nitrogens is 1. The summed E-state index contributed by atoms with van der Waals surface area (Å²) in [5, 5.41) is 4.86. The van der Waals surface area contributed by atoms with E-state index in [0.29, 0.717) is 24.5 Å². The van der Waals surface area contributed by atoms with Gasteiger partial charge in [0, 0.05) is 49.0 Å². The predicted molar refractivity (Wildman–Crippen MR) is 105 cm³/mol. The molecular formula is C21H28N4O. The highest BCUT2D eigenvalue weighted by Gasteiger charge is 2.29. The normalized spacial score (nSPS) is 23.7. The maximum atomic E-state index is 12.5. The molecule has 0 radical (unpaired) electrons. The molecule has 1 aromatic carbocycles. The van der Waals surface area contributed by atoms with Crippen molar-refractivity contribution in [1.29, 1.82) is 0 Å². The number of hydrogen-bond acceptors (Lipinski definition) is 4. The average Bonchev–Trinajstić information content (AvgIpc) is 3.24. The molecule has 2 fully saturated rings. The molecule has 2 aromatic rings. The maximum absolute atomic E-state index is 12.5. The highest BCUT2D eigenvalue weighted by molar-refractivity contribution is 5.91. The third-order valence-corrected chi connectivity index (χ3v) is 5.76. The molecule has 2 aliphatic rings. The minimum Gasteiger partial charge on any atom is -0.380 e. The number of benzene rings is 1. The van der Waals surface area contributed by atoms with E-state index in [4.69, 9.17) is 0 Å². The SMILES string of the molecule is Cc1ccc2nccc(N[C@@H]3CCN(CC(=O)N4CCC[C@H]4C)C3)c2c1. The van der Waals surface area contributed by atoms with Gasteiger partial charge in [0.25, 0.3) is 0 Å². The van der Waals surface area contributed by atoms with Crippen LogP contribution >= 0.6 is 0 Å². The molecule has 4 rings (SSSR count). The quantitative estimate of drug-likeness (QED) is 0.919. The minimum absolute atomic E-state index is 0.292. The van der Waals surface area contributed by atoms with E-state index in [9.17, 15) is 4.79 Å². The van der Waals surface area contributed by atoms with Crippen molar-refractivity contribution in [2.45, 2.75) is 45.2 Å². The first kappa shape index (κ1) is 17.3. The summed E-state index contributed by atoms with van der Waals surface area (Å²) in [6.45, 7) is 7.65. The van der Waals surface area contributed by atoms with Crippen LogP contribution in [0.2, 0.25) is 0 Å². The second kappa shape index (κ2) is 7.23. The van der Waals surface area contributed by atoms with Gasteiger partial charge in [0.1, 0.15) is 0 Å². The van der Waals surface area contributed by atoms with Crippen LogP contribution in [0.5, 0.6) is 0 Å². The predicted octanol–water partition coefficient (Wildman–Crippen LogP) is 3.04. The molecule has 1 aromatic heterocycles. The first-order chi connectivity index (χ1) is 12.6. The molecule has 2 atom stereocenters. The van der Waals surface area contributed by atoms with E-state index in [-0.39, 0.29) is 0 Å². The third-order valence-electron chi connectivity index (χ3n) is 5.76. The second-order valence-electron chi connectivity index (χ2n) is 7.82.